The molecule has 0 bridgehead atoms. The van der Waals surface area contributed by atoms with E-state index >= 15 is 0 Å². The lowest BCUT2D eigenvalue weighted by molar-refractivity contribution is 0.422. The molecule has 2 N–H and O–H groups in total. The first-order valence-electron chi connectivity index (χ1n) is 7.21. The maximum Gasteiger partial charge on any atom is 0.224 e. The molecule has 4 heteroatoms. The number of unbranched alkanes of at least 4 members (excludes halogenated alkanes) is 1. The lowest BCUT2D eigenvalue weighted by Crippen LogP contribution is -2.04. The van der Waals surface area contributed by atoms with E-state index in [4.69, 9.17) is 10.5 Å². The highest BCUT2D eigenvalue weighted by Gasteiger charge is 2.15. The van der Waals surface area contributed by atoms with Gasteiger partial charge in [-0.05, 0) is 37.5 Å². The monoisotopic (exact) mass is 283 g/mol. The number of nitrogens with two attached hydrogens (primary N) is 1. The van der Waals surface area contributed by atoms with Gasteiger partial charge in [0.25, 0.3) is 0 Å². The summed E-state index contributed by atoms with van der Waals surface area (Å²) in [6, 6.07) is 9.90. The zero-order valence-corrected chi connectivity index (χ0v) is 12.8. The second kappa shape index (κ2) is 6.36. The normalized spacial score (nSPS) is 10.4. The van der Waals surface area contributed by atoms with Gasteiger partial charge in [0.05, 0.1) is 5.69 Å². The van der Waals surface area contributed by atoms with Gasteiger partial charge in [-0.15, -0.1) is 0 Å². The molecule has 0 unspecified atom stereocenters. The number of nitrogen functional groups attached to an aromatic ring is 1. The minimum absolute atomic E-state index is 0.503. The highest BCUT2D eigenvalue weighted by atomic mass is 16.5. The molecule has 1 heterocycles. The molecule has 0 atom stereocenters. The van der Waals surface area contributed by atoms with E-state index in [9.17, 15) is 5.26 Å². The third kappa shape index (κ3) is 3.19. The standard InChI is InChI=1S/C17H21N3O/c1-4-5-8-20-14(11-18)10-15(19)17(20)21-16-9-12(2)6-7-13(16)3/h6-7,9-10H,4-5,8,19H2,1-3H3. The Morgan fingerprint density at radius 3 is 2.71 bits per heavy atom. The molecule has 1 aromatic carbocycles. The van der Waals surface area contributed by atoms with E-state index < -0.39 is 0 Å². The van der Waals surface area contributed by atoms with Crippen LogP contribution >= 0.6 is 0 Å². The van der Waals surface area contributed by atoms with E-state index in [0.29, 0.717) is 17.3 Å². The van der Waals surface area contributed by atoms with Crippen molar-refractivity contribution in [3.63, 3.8) is 0 Å². The van der Waals surface area contributed by atoms with Gasteiger partial charge in [-0.1, -0.05) is 25.5 Å². The lowest BCUT2D eigenvalue weighted by atomic mass is 10.1. The topological polar surface area (TPSA) is 64.0 Å². The minimum Gasteiger partial charge on any atom is -0.438 e. The van der Waals surface area contributed by atoms with Gasteiger partial charge in [-0.2, -0.15) is 5.26 Å². The van der Waals surface area contributed by atoms with Crippen molar-refractivity contribution in [3.8, 4) is 17.7 Å². The lowest BCUT2D eigenvalue weighted by Gasteiger charge is -2.14. The van der Waals surface area contributed by atoms with E-state index in [1.54, 1.807) is 6.07 Å². The Hall–Kier alpha value is -2.41. The SMILES string of the molecule is CCCCn1c(C#N)cc(N)c1Oc1cc(C)ccc1C. The molecule has 110 valence electrons. The molecular formula is C17H21N3O. The van der Waals surface area contributed by atoms with Crippen LogP contribution in [0.25, 0.3) is 0 Å². The fourth-order valence-corrected chi connectivity index (χ4v) is 2.22. The first-order chi connectivity index (χ1) is 10.1. The predicted octanol–water partition coefficient (Wildman–Crippen LogP) is 4.15. The second-order valence-electron chi connectivity index (χ2n) is 5.28. The van der Waals surface area contributed by atoms with Gasteiger partial charge in [0.1, 0.15) is 17.5 Å². The van der Waals surface area contributed by atoms with Crippen molar-refractivity contribution in [3.05, 3.63) is 41.1 Å². The molecule has 0 aliphatic carbocycles. The van der Waals surface area contributed by atoms with Crippen molar-refractivity contribution < 1.29 is 4.74 Å². The molecule has 2 rings (SSSR count). The molecule has 0 aliphatic rings. The Balaban J connectivity index is 2.41. The van der Waals surface area contributed by atoms with E-state index in [1.165, 1.54) is 0 Å². The molecule has 0 saturated heterocycles. The Morgan fingerprint density at radius 2 is 2.05 bits per heavy atom. The van der Waals surface area contributed by atoms with Gasteiger partial charge >= 0.3 is 0 Å². The number of benzene rings is 1. The number of nitrogens with zero attached hydrogens (tertiary/aromatic N) is 2. The van der Waals surface area contributed by atoms with Gasteiger partial charge < -0.3 is 15.0 Å². The van der Waals surface area contributed by atoms with Gasteiger partial charge in [-0.25, -0.2) is 0 Å². The summed E-state index contributed by atoms with van der Waals surface area (Å²) in [4.78, 5) is 0. The Morgan fingerprint density at radius 1 is 1.29 bits per heavy atom. The third-order valence-electron chi connectivity index (χ3n) is 3.48. The fourth-order valence-electron chi connectivity index (χ4n) is 2.22. The van der Waals surface area contributed by atoms with Crippen molar-refractivity contribution in [2.75, 3.05) is 5.73 Å². The smallest absolute Gasteiger partial charge is 0.224 e. The number of rotatable bonds is 5. The summed E-state index contributed by atoms with van der Waals surface area (Å²) in [5.74, 6) is 1.34. The van der Waals surface area contributed by atoms with Gasteiger partial charge in [0, 0.05) is 12.6 Å². The number of nitriles is 1. The van der Waals surface area contributed by atoms with Gasteiger partial charge in [0.15, 0.2) is 0 Å². The minimum atomic E-state index is 0.503. The highest BCUT2D eigenvalue weighted by Crippen LogP contribution is 2.33. The Kier molecular flexibility index (Phi) is 4.54. The van der Waals surface area contributed by atoms with Crippen molar-refractivity contribution >= 4 is 5.69 Å². The van der Waals surface area contributed by atoms with Crippen LogP contribution in [0.15, 0.2) is 24.3 Å². The quantitative estimate of drug-likeness (QED) is 0.896. The number of ether oxygens (including phenoxy) is 1. The summed E-state index contributed by atoms with van der Waals surface area (Å²) in [6.07, 6.45) is 2.03. The number of aryl methyl sites for hydroxylation is 2. The molecule has 0 radical (unpaired) electrons. The summed E-state index contributed by atoms with van der Waals surface area (Å²) in [5.41, 5.74) is 9.24. The van der Waals surface area contributed by atoms with E-state index in [-0.39, 0.29) is 0 Å². The van der Waals surface area contributed by atoms with Crippen LogP contribution in [0.3, 0.4) is 0 Å². The van der Waals surface area contributed by atoms with Crippen LogP contribution in [0.2, 0.25) is 0 Å². The summed E-state index contributed by atoms with van der Waals surface area (Å²) in [6.45, 7) is 6.86. The van der Waals surface area contributed by atoms with Gasteiger partial charge in [-0.3, -0.25) is 0 Å². The van der Waals surface area contributed by atoms with Crippen LogP contribution in [0.1, 0.15) is 36.6 Å². The number of hydrogen-bond acceptors (Lipinski definition) is 3. The zero-order chi connectivity index (χ0) is 15.4. The second-order valence-corrected chi connectivity index (χ2v) is 5.28. The van der Waals surface area contributed by atoms with Crippen LogP contribution in [-0.4, -0.2) is 4.57 Å². The van der Waals surface area contributed by atoms with Crippen LogP contribution in [0.4, 0.5) is 5.69 Å². The molecule has 0 saturated carbocycles. The number of aromatic nitrogens is 1. The first-order valence-corrected chi connectivity index (χ1v) is 7.21. The molecule has 1 aromatic heterocycles. The van der Waals surface area contributed by atoms with Crippen LogP contribution < -0.4 is 10.5 Å². The Bertz CT molecular complexity index is 680. The molecule has 2 aromatic rings. The maximum atomic E-state index is 9.24. The van der Waals surface area contributed by atoms with Gasteiger partial charge in [0.2, 0.25) is 5.88 Å². The molecule has 0 spiro atoms. The van der Waals surface area contributed by atoms with Crippen molar-refractivity contribution in [1.82, 2.24) is 4.57 Å². The third-order valence-corrected chi connectivity index (χ3v) is 3.48. The summed E-state index contributed by atoms with van der Waals surface area (Å²) in [7, 11) is 0. The molecule has 0 amide bonds. The van der Waals surface area contributed by atoms with Crippen molar-refractivity contribution in [2.45, 2.75) is 40.2 Å². The number of anilines is 1. The van der Waals surface area contributed by atoms with Crippen LogP contribution in [0.5, 0.6) is 11.6 Å². The maximum absolute atomic E-state index is 9.24. The largest absolute Gasteiger partial charge is 0.438 e. The highest BCUT2D eigenvalue weighted by molar-refractivity contribution is 5.57. The molecule has 21 heavy (non-hydrogen) atoms. The van der Waals surface area contributed by atoms with E-state index in [1.807, 2.05) is 36.6 Å². The first kappa shape index (κ1) is 15.0. The van der Waals surface area contributed by atoms with Crippen molar-refractivity contribution in [2.24, 2.45) is 0 Å². The van der Waals surface area contributed by atoms with Crippen LogP contribution in [0, 0.1) is 25.2 Å². The fraction of sp³-hybridized carbons (Fsp3) is 0.353. The van der Waals surface area contributed by atoms with E-state index in [2.05, 4.69) is 13.0 Å². The average Bonchev–Trinajstić information content (AvgIpc) is 2.76. The number of hydrogen-bond donors (Lipinski definition) is 1. The molecule has 0 fully saturated rings. The zero-order valence-electron chi connectivity index (χ0n) is 12.8. The molecule has 0 aliphatic heterocycles. The summed E-state index contributed by atoms with van der Waals surface area (Å²) < 4.78 is 7.88. The average molecular weight is 283 g/mol. The summed E-state index contributed by atoms with van der Waals surface area (Å²) >= 11 is 0. The summed E-state index contributed by atoms with van der Waals surface area (Å²) in [5, 5.41) is 9.24. The predicted molar refractivity (Wildman–Crippen MR) is 84.5 cm³/mol. The van der Waals surface area contributed by atoms with Crippen LogP contribution in [-0.2, 0) is 6.54 Å². The molecular weight excluding hydrogens is 262 g/mol. The molecule has 4 nitrogen and oxygen atoms in total. The van der Waals surface area contributed by atoms with E-state index in [0.717, 1.165) is 36.3 Å². The van der Waals surface area contributed by atoms with Crippen molar-refractivity contribution in [1.29, 1.82) is 5.26 Å². The Labute approximate surface area is 125 Å².